The number of halogens is 1. The zero-order valence-corrected chi connectivity index (χ0v) is 17.5. The minimum Gasteiger partial charge on any atom is -0.493 e. The number of aromatic nitrogens is 1. The average molecular weight is 433 g/mol. The average Bonchev–Trinajstić information content (AvgIpc) is 3.02. The van der Waals surface area contributed by atoms with Gasteiger partial charge in [-0.05, 0) is 29.8 Å². The van der Waals surface area contributed by atoms with E-state index < -0.39 is 0 Å². The molecule has 9 nitrogen and oxygen atoms in total. The molecule has 1 amide bonds. The molecule has 0 bridgehead atoms. The molecule has 4 rings (SSSR count). The summed E-state index contributed by atoms with van der Waals surface area (Å²) in [5.41, 5.74) is 4.68. The molecule has 1 aromatic carbocycles. The molecule has 30 heavy (non-hydrogen) atoms. The standard InChI is InChI=1S/C20H25ClN6O3/c1-27-20(29)17-14(23-13-5-3-4-12(21)18(13)30-2)9-16(25-19(17)26-27)24-15-8-11(10-28)6-7-22-15/h3-8,14,16-17,19,23,25-26,28H,9-10H2,1-2H3,(H,22,24). The number of amides is 1. The number of para-hydroxylation sites is 1. The molecule has 5 N–H and O–H groups in total. The van der Waals surface area contributed by atoms with E-state index in [9.17, 15) is 9.90 Å². The smallest absolute Gasteiger partial charge is 0.244 e. The number of rotatable bonds is 6. The van der Waals surface area contributed by atoms with Crippen LogP contribution in [-0.4, -0.2) is 53.5 Å². The number of carbonyl (C=O) groups is 1. The Morgan fingerprint density at radius 1 is 1.37 bits per heavy atom. The van der Waals surface area contributed by atoms with Crippen LogP contribution in [0.3, 0.4) is 0 Å². The van der Waals surface area contributed by atoms with Crippen molar-refractivity contribution in [3.8, 4) is 5.75 Å². The number of benzene rings is 1. The topological polar surface area (TPSA) is 111 Å². The molecular weight excluding hydrogens is 408 g/mol. The molecule has 2 fully saturated rings. The normalized spacial score (nSPS) is 25.7. The first-order valence-corrected chi connectivity index (χ1v) is 10.1. The summed E-state index contributed by atoms with van der Waals surface area (Å²) in [4.78, 5) is 17.1. The van der Waals surface area contributed by atoms with E-state index >= 15 is 0 Å². The van der Waals surface area contributed by atoms with Crippen LogP contribution in [0.5, 0.6) is 5.75 Å². The number of hydrazine groups is 1. The fourth-order valence-corrected chi connectivity index (χ4v) is 4.31. The van der Waals surface area contributed by atoms with Crippen molar-refractivity contribution in [2.45, 2.75) is 31.4 Å². The number of anilines is 2. The lowest BCUT2D eigenvalue weighted by Gasteiger charge is -2.39. The van der Waals surface area contributed by atoms with Crippen molar-refractivity contribution in [3.63, 3.8) is 0 Å². The molecule has 1 aromatic heterocycles. The van der Waals surface area contributed by atoms with Crippen molar-refractivity contribution < 1.29 is 14.6 Å². The number of nitrogens with zero attached hydrogens (tertiary/aromatic N) is 2. The Morgan fingerprint density at radius 3 is 2.97 bits per heavy atom. The molecule has 2 aliphatic rings. The number of hydrogen-bond donors (Lipinski definition) is 5. The van der Waals surface area contributed by atoms with Crippen LogP contribution >= 0.6 is 11.6 Å². The summed E-state index contributed by atoms with van der Waals surface area (Å²) in [6.45, 7) is -0.0560. The number of fused-ring (bicyclic) bond motifs is 1. The number of methoxy groups -OCH3 is 1. The molecule has 0 spiro atoms. The highest BCUT2D eigenvalue weighted by Crippen LogP contribution is 2.36. The fourth-order valence-electron chi connectivity index (χ4n) is 4.06. The van der Waals surface area contributed by atoms with E-state index in [4.69, 9.17) is 16.3 Å². The Hall–Kier alpha value is -2.59. The van der Waals surface area contributed by atoms with Gasteiger partial charge in [-0.2, -0.15) is 0 Å². The number of hydrogen-bond acceptors (Lipinski definition) is 8. The quantitative estimate of drug-likeness (QED) is 0.465. The van der Waals surface area contributed by atoms with Crippen molar-refractivity contribution in [2.75, 3.05) is 24.8 Å². The monoisotopic (exact) mass is 432 g/mol. The third-order valence-electron chi connectivity index (χ3n) is 5.45. The van der Waals surface area contributed by atoms with Gasteiger partial charge in [0, 0.05) is 25.7 Å². The highest BCUT2D eigenvalue weighted by molar-refractivity contribution is 6.32. The van der Waals surface area contributed by atoms with Gasteiger partial charge in [0.15, 0.2) is 5.75 Å². The lowest BCUT2D eigenvalue weighted by molar-refractivity contribution is -0.131. The second kappa shape index (κ2) is 8.65. The largest absolute Gasteiger partial charge is 0.493 e. The van der Waals surface area contributed by atoms with Crippen molar-refractivity contribution in [1.82, 2.24) is 20.7 Å². The summed E-state index contributed by atoms with van der Waals surface area (Å²) in [5.74, 6) is 0.885. The van der Waals surface area contributed by atoms with Crippen LogP contribution in [-0.2, 0) is 11.4 Å². The second-order valence-electron chi connectivity index (χ2n) is 7.41. The molecule has 4 unspecified atom stereocenters. The van der Waals surface area contributed by atoms with Crippen molar-refractivity contribution in [2.24, 2.45) is 5.92 Å². The zero-order valence-electron chi connectivity index (χ0n) is 16.7. The second-order valence-corrected chi connectivity index (χ2v) is 7.82. The molecule has 3 heterocycles. The summed E-state index contributed by atoms with van der Waals surface area (Å²) < 4.78 is 5.45. The maximum Gasteiger partial charge on any atom is 0.244 e. The summed E-state index contributed by atoms with van der Waals surface area (Å²) in [7, 11) is 3.28. The van der Waals surface area contributed by atoms with Crippen LogP contribution in [0.15, 0.2) is 36.5 Å². The van der Waals surface area contributed by atoms with Gasteiger partial charge in [-0.3, -0.25) is 15.1 Å². The summed E-state index contributed by atoms with van der Waals surface area (Å²) >= 11 is 6.27. The molecule has 2 saturated heterocycles. The van der Waals surface area contributed by atoms with Crippen LogP contribution in [0.25, 0.3) is 0 Å². The Labute approximate surface area is 179 Å². The Morgan fingerprint density at radius 2 is 2.20 bits per heavy atom. The van der Waals surface area contributed by atoms with Gasteiger partial charge >= 0.3 is 0 Å². The molecule has 2 aromatic rings. The minimum atomic E-state index is -0.312. The Kier molecular flexibility index (Phi) is 5.96. The first kappa shape index (κ1) is 20.7. The van der Waals surface area contributed by atoms with Crippen LogP contribution in [0.1, 0.15) is 12.0 Å². The van der Waals surface area contributed by atoms with Crippen molar-refractivity contribution in [3.05, 3.63) is 47.1 Å². The molecule has 0 radical (unpaired) electrons. The molecule has 10 heteroatoms. The molecule has 2 aliphatic heterocycles. The van der Waals surface area contributed by atoms with Gasteiger partial charge in [0.05, 0.1) is 42.7 Å². The van der Waals surface area contributed by atoms with Gasteiger partial charge in [-0.1, -0.05) is 17.7 Å². The summed E-state index contributed by atoms with van der Waals surface area (Å²) in [6, 6.07) is 8.86. The maximum absolute atomic E-state index is 12.8. The van der Waals surface area contributed by atoms with Crippen LogP contribution < -0.4 is 26.1 Å². The van der Waals surface area contributed by atoms with Crippen LogP contribution in [0.2, 0.25) is 5.02 Å². The first-order valence-electron chi connectivity index (χ1n) is 9.71. The number of carbonyl (C=O) groups excluding carboxylic acids is 1. The number of ether oxygens (including phenoxy) is 1. The maximum atomic E-state index is 12.8. The summed E-state index contributed by atoms with van der Waals surface area (Å²) in [6.07, 6.45) is 1.83. The SMILES string of the molecule is COc1c(Cl)cccc1NC1CC(Nc2cc(CO)ccn2)NC2NN(C)C(=O)C12. The van der Waals surface area contributed by atoms with Gasteiger partial charge in [0.1, 0.15) is 5.82 Å². The lowest BCUT2D eigenvalue weighted by Crippen LogP contribution is -2.60. The molecule has 160 valence electrons. The molecule has 0 aliphatic carbocycles. The van der Waals surface area contributed by atoms with Gasteiger partial charge in [-0.25, -0.2) is 10.4 Å². The third-order valence-corrected chi connectivity index (χ3v) is 5.75. The number of aliphatic hydroxyl groups excluding tert-OH is 1. The van der Waals surface area contributed by atoms with E-state index in [-0.39, 0.29) is 36.8 Å². The highest BCUT2D eigenvalue weighted by Gasteiger charge is 2.48. The zero-order chi connectivity index (χ0) is 21.3. The van der Waals surface area contributed by atoms with Crippen LogP contribution in [0.4, 0.5) is 11.5 Å². The van der Waals surface area contributed by atoms with E-state index in [1.165, 1.54) is 5.01 Å². The van der Waals surface area contributed by atoms with Gasteiger partial charge in [0.25, 0.3) is 0 Å². The Balaban J connectivity index is 1.58. The van der Waals surface area contributed by atoms with E-state index in [0.717, 1.165) is 11.3 Å². The molecular formula is C20H25ClN6O3. The number of aliphatic hydroxyl groups is 1. The number of pyridine rings is 1. The predicted molar refractivity (Wildman–Crippen MR) is 114 cm³/mol. The first-order chi connectivity index (χ1) is 14.5. The van der Waals surface area contributed by atoms with Gasteiger partial charge in [0.2, 0.25) is 5.91 Å². The number of piperidine rings is 1. The van der Waals surface area contributed by atoms with E-state index in [2.05, 4.69) is 26.4 Å². The van der Waals surface area contributed by atoms with E-state index in [1.54, 1.807) is 38.6 Å². The lowest BCUT2D eigenvalue weighted by atomic mass is 9.88. The fraction of sp³-hybridized carbons (Fsp3) is 0.400. The van der Waals surface area contributed by atoms with Gasteiger partial charge < -0.3 is 20.5 Å². The highest BCUT2D eigenvalue weighted by atomic mass is 35.5. The van der Waals surface area contributed by atoms with E-state index in [1.807, 2.05) is 12.1 Å². The van der Waals surface area contributed by atoms with Crippen LogP contribution in [0, 0.1) is 5.92 Å². The van der Waals surface area contributed by atoms with Crippen molar-refractivity contribution in [1.29, 1.82) is 0 Å². The third kappa shape index (κ3) is 4.01. The number of nitrogens with one attached hydrogen (secondary N) is 4. The molecule has 0 saturated carbocycles. The minimum absolute atomic E-state index is 0.00449. The predicted octanol–water partition coefficient (Wildman–Crippen LogP) is 1.37. The van der Waals surface area contributed by atoms with Gasteiger partial charge in [-0.15, -0.1) is 0 Å². The van der Waals surface area contributed by atoms with E-state index in [0.29, 0.717) is 23.0 Å². The Bertz CT molecular complexity index is 929. The molecule has 4 atom stereocenters. The summed E-state index contributed by atoms with van der Waals surface area (Å²) in [5, 5.41) is 21.6. The van der Waals surface area contributed by atoms with Crippen molar-refractivity contribution >= 4 is 29.0 Å².